The molecule has 1 unspecified atom stereocenters. The summed E-state index contributed by atoms with van der Waals surface area (Å²) in [7, 11) is 0. The number of rotatable bonds is 3. The highest BCUT2D eigenvalue weighted by atomic mass is 16.7. The molecular formula is C20H21N3O2. The van der Waals surface area contributed by atoms with Gasteiger partial charge in [-0.25, -0.2) is 0 Å². The number of aromatic nitrogens is 1. The average molecular weight is 335 g/mol. The zero-order valence-electron chi connectivity index (χ0n) is 14.0. The molecule has 1 atom stereocenters. The number of benzene rings is 2. The number of para-hydroxylation sites is 1. The maximum absolute atomic E-state index is 5.92. The molecule has 0 fully saturated rings. The van der Waals surface area contributed by atoms with Crippen molar-refractivity contribution in [1.82, 2.24) is 9.88 Å². The predicted octanol–water partition coefficient (Wildman–Crippen LogP) is 2.56. The normalized spacial score (nSPS) is 18.5. The van der Waals surface area contributed by atoms with Crippen molar-refractivity contribution in [3.8, 4) is 11.5 Å². The van der Waals surface area contributed by atoms with Gasteiger partial charge in [-0.2, -0.15) is 0 Å². The second kappa shape index (κ2) is 5.79. The molecule has 2 aliphatic rings. The molecule has 3 N–H and O–H groups in total. The third-order valence-corrected chi connectivity index (χ3v) is 5.20. The number of hydrogen-bond donors (Lipinski definition) is 2. The van der Waals surface area contributed by atoms with Crippen LogP contribution in [0.5, 0.6) is 11.5 Å². The maximum atomic E-state index is 5.92. The number of fused-ring (bicyclic) bond motifs is 4. The second-order valence-electron chi connectivity index (χ2n) is 6.57. The van der Waals surface area contributed by atoms with Crippen LogP contribution < -0.4 is 20.5 Å². The molecule has 3 heterocycles. The van der Waals surface area contributed by atoms with E-state index in [9.17, 15) is 0 Å². The smallest absolute Gasteiger partial charge is 0.231 e. The summed E-state index contributed by atoms with van der Waals surface area (Å²) in [6, 6.07) is 15.0. The molecule has 0 bridgehead atoms. The summed E-state index contributed by atoms with van der Waals surface area (Å²) in [6.07, 6.45) is 1.04. The Balaban J connectivity index is 1.70. The molecule has 0 radical (unpaired) electrons. The van der Waals surface area contributed by atoms with Crippen LogP contribution in [0.4, 0.5) is 0 Å². The molecule has 0 amide bonds. The van der Waals surface area contributed by atoms with E-state index >= 15 is 0 Å². The van der Waals surface area contributed by atoms with Crippen LogP contribution in [0.15, 0.2) is 42.5 Å². The first-order chi connectivity index (χ1) is 12.4. The van der Waals surface area contributed by atoms with Crippen molar-refractivity contribution in [2.24, 2.45) is 5.73 Å². The number of nitrogens with zero attached hydrogens (tertiary/aromatic N) is 1. The number of ether oxygens (including phenoxy) is 2. The molecule has 2 aromatic carbocycles. The van der Waals surface area contributed by atoms with E-state index in [2.05, 4.69) is 46.3 Å². The van der Waals surface area contributed by atoms with E-state index in [4.69, 9.17) is 15.2 Å². The summed E-state index contributed by atoms with van der Waals surface area (Å²) in [6.45, 7) is 2.70. The fraction of sp³-hybridized carbons (Fsp3) is 0.300. The first-order valence-corrected chi connectivity index (χ1v) is 8.80. The summed E-state index contributed by atoms with van der Waals surface area (Å²) in [5.41, 5.74) is 11.2. The second-order valence-corrected chi connectivity index (χ2v) is 6.57. The lowest BCUT2D eigenvalue weighted by Crippen LogP contribution is -2.32. The molecule has 128 valence electrons. The van der Waals surface area contributed by atoms with Gasteiger partial charge in [0.1, 0.15) is 0 Å². The standard InChI is InChI=1S/C20H21N3O2/c21-8-10-23-16-4-2-1-3-14(16)15-7-9-22-19(20(15)23)13-5-6-17-18(11-13)25-12-24-17/h1-6,11,19,22H,7-10,12,21H2. The molecule has 0 saturated heterocycles. The van der Waals surface area contributed by atoms with E-state index in [1.807, 2.05) is 6.07 Å². The van der Waals surface area contributed by atoms with Crippen LogP contribution in [0, 0.1) is 0 Å². The molecule has 2 aliphatic heterocycles. The molecule has 3 aromatic rings. The Morgan fingerprint density at radius 1 is 1.12 bits per heavy atom. The van der Waals surface area contributed by atoms with E-state index in [1.165, 1.54) is 27.7 Å². The maximum Gasteiger partial charge on any atom is 0.231 e. The molecule has 0 saturated carbocycles. The van der Waals surface area contributed by atoms with Crippen molar-refractivity contribution in [3.63, 3.8) is 0 Å². The third-order valence-electron chi connectivity index (χ3n) is 5.20. The number of nitrogens with one attached hydrogen (secondary N) is 1. The van der Waals surface area contributed by atoms with Crippen molar-refractivity contribution >= 4 is 10.9 Å². The van der Waals surface area contributed by atoms with Gasteiger partial charge in [0.2, 0.25) is 6.79 Å². The van der Waals surface area contributed by atoms with Crippen LogP contribution in [-0.4, -0.2) is 24.4 Å². The first kappa shape index (κ1) is 14.8. The van der Waals surface area contributed by atoms with Crippen molar-refractivity contribution in [2.75, 3.05) is 19.9 Å². The van der Waals surface area contributed by atoms with Crippen molar-refractivity contribution < 1.29 is 9.47 Å². The van der Waals surface area contributed by atoms with Crippen LogP contribution in [0.2, 0.25) is 0 Å². The highest BCUT2D eigenvalue weighted by Gasteiger charge is 2.29. The van der Waals surface area contributed by atoms with Gasteiger partial charge in [-0.05, 0) is 35.7 Å². The van der Waals surface area contributed by atoms with E-state index < -0.39 is 0 Å². The fourth-order valence-corrected chi connectivity index (χ4v) is 4.16. The minimum Gasteiger partial charge on any atom is -0.454 e. The summed E-state index contributed by atoms with van der Waals surface area (Å²) in [5.74, 6) is 1.65. The summed E-state index contributed by atoms with van der Waals surface area (Å²) in [5, 5.41) is 5.03. The molecule has 0 spiro atoms. The molecule has 5 rings (SSSR count). The van der Waals surface area contributed by atoms with Gasteiger partial charge in [-0.1, -0.05) is 24.3 Å². The minimum absolute atomic E-state index is 0.136. The van der Waals surface area contributed by atoms with Gasteiger partial charge in [0, 0.05) is 36.2 Å². The monoisotopic (exact) mass is 335 g/mol. The lowest BCUT2D eigenvalue weighted by atomic mass is 9.94. The van der Waals surface area contributed by atoms with E-state index in [0.717, 1.165) is 31.0 Å². The third kappa shape index (κ3) is 2.23. The topological polar surface area (TPSA) is 61.4 Å². The Labute approximate surface area is 146 Å². The zero-order chi connectivity index (χ0) is 16.8. The van der Waals surface area contributed by atoms with Gasteiger partial charge in [0.25, 0.3) is 0 Å². The zero-order valence-corrected chi connectivity index (χ0v) is 14.0. The van der Waals surface area contributed by atoms with E-state index in [0.29, 0.717) is 13.3 Å². The van der Waals surface area contributed by atoms with Crippen LogP contribution in [0.25, 0.3) is 10.9 Å². The Morgan fingerprint density at radius 3 is 2.92 bits per heavy atom. The van der Waals surface area contributed by atoms with Crippen LogP contribution >= 0.6 is 0 Å². The Kier molecular flexibility index (Phi) is 3.43. The lowest BCUT2D eigenvalue weighted by molar-refractivity contribution is 0.174. The summed E-state index contributed by atoms with van der Waals surface area (Å²) < 4.78 is 13.4. The molecule has 0 aliphatic carbocycles. The lowest BCUT2D eigenvalue weighted by Gasteiger charge is -2.27. The van der Waals surface area contributed by atoms with Crippen LogP contribution in [-0.2, 0) is 13.0 Å². The number of hydrogen-bond acceptors (Lipinski definition) is 4. The molecule has 25 heavy (non-hydrogen) atoms. The van der Waals surface area contributed by atoms with Crippen molar-refractivity contribution in [3.05, 3.63) is 59.3 Å². The predicted molar refractivity (Wildman–Crippen MR) is 97.1 cm³/mol. The van der Waals surface area contributed by atoms with Gasteiger partial charge in [-0.15, -0.1) is 0 Å². The van der Waals surface area contributed by atoms with Crippen molar-refractivity contribution in [1.29, 1.82) is 0 Å². The average Bonchev–Trinajstić information content (AvgIpc) is 3.25. The fourth-order valence-electron chi connectivity index (χ4n) is 4.16. The summed E-state index contributed by atoms with van der Waals surface area (Å²) >= 11 is 0. The largest absolute Gasteiger partial charge is 0.454 e. The molecular weight excluding hydrogens is 314 g/mol. The van der Waals surface area contributed by atoms with Crippen LogP contribution in [0.1, 0.15) is 22.9 Å². The van der Waals surface area contributed by atoms with E-state index in [1.54, 1.807) is 0 Å². The Bertz CT molecular complexity index is 948. The van der Waals surface area contributed by atoms with E-state index in [-0.39, 0.29) is 6.04 Å². The highest BCUT2D eigenvalue weighted by Crippen LogP contribution is 2.40. The minimum atomic E-state index is 0.136. The van der Waals surface area contributed by atoms with Gasteiger partial charge in [0.15, 0.2) is 11.5 Å². The highest BCUT2D eigenvalue weighted by molar-refractivity contribution is 5.86. The Hall–Kier alpha value is -2.50. The van der Waals surface area contributed by atoms with Gasteiger partial charge in [0.05, 0.1) is 6.04 Å². The first-order valence-electron chi connectivity index (χ1n) is 8.80. The molecule has 5 heteroatoms. The Morgan fingerprint density at radius 2 is 2.00 bits per heavy atom. The van der Waals surface area contributed by atoms with Gasteiger partial charge >= 0.3 is 0 Å². The SMILES string of the molecule is NCCn1c2c(c3ccccc31)CCNC2c1ccc2c(c1)OCO2. The van der Waals surface area contributed by atoms with Crippen molar-refractivity contribution in [2.45, 2.75) is 19.0 Å². The summed E-state index contributed by atoms with van der Waals surface area (Å²) in [4.78, 5) is 0. The van der Waals surface area contributed by atoms with Gasteiger partial charge in [-0.3, -0.25) is 0 Å². The van der Waals surface area contributed by atoms with Crippen LogP contribution in [0.3, 0.4) is 0 Å². The van der Waals surface area contributed by atoms with Gasteiger partial charge < -0.3 is 25.1 Å². The quantitative estimate of drug-likeness (QED) is 0.772. The number of nitrogens with two attached hydrogens (primary N) is 1. The molecule has 5 nitrogen and oxygen atoms in total. The molecule has 1 aromatic heterocycles.